The van der Waals surface area contributed by atoms with Crippen molar-refractivity contribution in [2.45, 2.75) is 25.4 Å². The summed E-state index contributed by atoms with van der Waals surface area (Å²) in [5.41, 5.74) is 0.862. The summed E-state index contributed by atoms with van der Waals surface area (Å²) < 4.78 is 0. The van der Waals surface area contributed by atoms with Crippen molar-refractivity contribution in [1.29, 1.82) is 0 Å². The Hall–Kier alpha value is -1.37. The zero-order valence-corrected chi connectivity index (χ0v) is 15.3. The van der Waals surface area contributed by atoms with Crippen molar-refractivity contribution in [2.24, 2.45) is 5.92 Å². The lowest BCUT2D eigenvalue weighted by Crippen LogP contribution is -2.35. The normalized spacial score (nSPS) is 19.4. The summed E-state index contributed by atoms with van der Waals surface area (Å²) in [5.74, 6) is -0.649. The smallest absolute Gasteiger partial charge is 0.233 e. The van der Waals surface area contributed by atoms with Crippen LogP contribution in [0.15, 0.2) is 18.2 Å². The van der Waals surface area contributed by atoms with Crippen molar-refractivity contribution in [3.05, 3.63) is 43.9 Å². The van der Waals surface area contributed by atoms with E-state index >= 15 is 0 Å². The van der Waals surface area contributed by atoms with E-state index in [1.165, 1.54) is 0 Å². The van der Waals surface area contributed by atoms with Crippen LogP contribution in [0.2, 0.25) is 10.0 Å². The summed E-state index contributed by atoms with van der Waals surface area (Å²) in [6.07, 6.45) is 1.13. The van der Waals surface area contributed by atoms with Gasteiger partial charge in [-0.2, -0.15) is 0 Å². The molecular formula is C16H21Cl2N3O3. The molecule has 6 nitrogen and oxygen atoms in total. The van der Waals surface area contributed by atoms with Gasteiger partial charge in [0.25, 0.3) is 0 Å². The number of halogens is 2. The molecule has 1 fully saturated rings. The molecule has 24 heavy (non-hydrogen) atoms. The SMILES string of the molecule is CN(C)CCCN(Cc1ccc(Cl)c(Cl)c1)C(=O)C1CC1[N+](=O)[O-]. The monoisotopic (exact) mass is 373 g/mol. The second kappa shape index (κ2) is 8.14. The van der Waals surface area contributed by atoms with Crippen LogP contribution in [0.4, 0.5) is 0 Å². The van der Waals surface area contributed by atoms with Gasteiger partial charge in [-0.1, -0.05) is 29.3 Å². The number of carbonyl (C=O) groups excluding carboxylic acids is 1. The molecule has 1 amide bonds. The lowest BCUT2D eigenvalue weighted by Gasteiger charge is -2.23. The molecule has 0 aromatic heterocycles. The van der Waals surface area contributed by atoms with E-state index in [2.05, 4.69) is 0 Å². The molecule has 0 radical (unpaired) electrons. The van der Waals surface area contributed by atoms with Gasteiger partial charge in [-0.15, -0.1) is 0 Å². The van der Waals surface area contributed by atoms with E-state index in [0.717, 1.165) is 18.5 Å². The van der Waals surface area contributed by atoms with Crippen LogP contribution in [0.25, 0.3) is 0 Å². The molecule has 2 rings (SSSR count). The largest absolute Gasteiger partial charge is 0.338 e. The fraction of sp³-hybridized carbons (Fsp3) is 0.562. The van der Waals surface area contributed by atoms with Gasteiger partial charge in [-0.05, 0) is 44.8 Å². The van der Waals surface area contributed by atoms with E-state index in [1.54, 1.807) is 17.0 Å². The Bertz CT molecular complexity index is 625. The maximum atomic E-state index is 12.6. The quantitative estimate of drug-likeness (QED) is 0.518. The maximum absolute atomic E-state index is 12.6. The molecule has 1 aromatic rings. The molecule has 132 valence electrons. The van der Waals surface area contributed by atoms with E-state index < -0.39 is 12.0 Å². The van der Waals surface area contributed by atoms with Crippen molar-refractivity contribution in [2.75, 3.05) is 27.2 Å². The number of nitrogens with zero attached hydrogens (tertiary/aromatic N) is 3. The first kappa shape index (κ1) is 19.0. The van der Waals surface area contributed by atoms with Crippen molar-refractivity contribution >= 4 is 29.1 Å². The van der Waals surface area contributed by atoms with Gasteiger partial charge in [0, 0.05) is 24.4 Å². The van der Waals surface area contributed by atoms with Gasteiger partial charge in [0.15, 0.2) is 0 Å². The van der Waals surface area contributed by atoms with Crippen molar-refractivity contribution < 1.29 is 9.72 Å². The molecule has 2 unspecified atom stereocenters. The second-order valence-corrected chi connectivity index (χ2v) is 7.17. The molecule has 0 spiro atoms. The van der Waals surface area contributed by atoms with Crippen LogP contribution >= 0.6 is 23.2 Å². The van der Waals surface area contributed by atoms with E-state index in [-0.39, 0.29) is 10.8 Å². The average molecular weight is 374 g/mol. The lowest BCUT2D eigenvalue weighted by molar-refractivity contribution is -0.497. The first-order chi connectivity index (χ1) is 11.3. The van der Waals surface area contributed by atoms with Crippen LogP contribution in [0.3, 0.4) is 0 Å². The maximum Gasteiger partial charge on any atom is 0.233 e. The Morgan fingerprint density at radius 1 is 1.29 bits per heavy atom. The van der Waals surface area contributed by atoms with Gasteiger partial charge in [-0.3, -0.25) is 14.9 Å². The Morgan fingerprint density at radius 2 is 2.00 bits per heavy atom. The Morgan fingerprint density at radius 3 is 2.54 bits per heavy atom. The molecule has 0 N–H and O–H groups in total. The summed E-state index contributed by atoms with van der Waals surface area (Å²) >= 11 is 12.0. The standard InChI is InChI=1S/C16H21Cl2N3O3/c1-19(2)6-3-7-20(16(22)12-9-15(12)21(23)24)10-11-4-5-13(17)14(18)8-11/h4-5,8,12,15H,3,6-7,9-10H2,1-2H3. The first-order valence-electron chi connectivity index (χ1n) is 7.80. The van der Waals surface area contributed by atoms with Gasteiger partial charge in [-0.25, -0.2) is 0 Å². The molecule has 2 atom stereocenters. The minimum atomic E-state index is -0.734. The Labute approximate surface area is 151 Å². The Balaban J connectivity index is 2.05. The number of carbonyl (C=O) groups is 1. The molecule has 1 saturated carbocycles. The first-order valence-corrected chi connectivity index (χ1v) is 8.56. The highest BCUT2D eigenvalue weighted by molar-refractivity contribution is 6.42. The predicted octanol–water partition coefficient (Wildman–Crippen LogP) is 2.94. The number of nitro groups is 1. The predicted molar refractivity (Wildman–Crippen MR) is 93.9 cm³/mol. The molecule has 0 heterocycles. The molecule has 1 aromatic carbocycles. The summed E-state index contributed by atoms with van der Waals surface area (Å²) in [6, 6.07) is 4.51. The summed E-state index contributed by atoms with van der Waals surface area (Å²) in [5, 5.41) is 11.7. The van der Waals surface area contributed by atoms with Gasteiger partial charge in [0.2, 0.25) is 11.9 Å². The van der Waals surface area contributed by atoms with E-state index in [1.807, 2.05) is 25.1 Å². The van der Waals surface area contributed by atoms with E-state index in [9.17, 15) is 14.9 Å². The Kier molecular flexibility index (Phi) is 6.43. The summed E-state index contributed by atoms with van der Waals surface area (Å²) in [4.78, 5) is 26.8. The molecule has 1 aliphatic carbocycles. The lowest BCUT2D eigenvalue weighted by atomic mass is 10.2. The number of benzene rings is 1. The molecule has 0 bridgehead atoms. The number of amides is 1. The highest BCUT2D eigenvalue weighted by Gasteiger charge is 2.54. The van der Waals surface area contributed by atoms with Gasteiger partial charge >= 0.3 is 0 Å². The number of hydrogen-bond donors (Lipinski definition) is 0. The van der Waals surface area contributed by atoms with Crippen LogP contribution in [0.5, 0.6) is 0 Å². The topological polar surface area (TPSA) is 66.7 Å². The zero-order chi connectivity index (χ0) is 17.9. The highest BCUT2D eigenvalue weighted by Crippen LogP contribution is 2.35. The van der Waals surface area contributed by atoms with Crippen LogP contribution in [-0.4, -0.2) is 53.9 Å². The van der Waals surface area contributed by atoms with Crippen LogP contribution < -0.4 is 0 Å². The van der Waals surface area contributed by atoms with Crippen LogP contribution in [0, 0.1) is 16.0 Å². The third-order valence-electron chi connectivity index (χ3n) is 4.05. The number of rotatable bonds is 8. The van der Waals surface area contributed by atoms with Crippen molar-refractivity contribution in [3.8, 4) is 0 Å². The molecular weight excluding hydrogens is 353 g/mol. The van der Waals surface area contributed by atoms with Crippen molar-refractivity contribution in [3.63, 3.8) is 0 Å². The fourth-order valence-electron chi connectivity index (χ4n) is 2.62. The summed E-state index contributed by atoms with van der Waals surface area (Å²) in [6.45, 7) is 1.77. The van der Waals surface area contributed by atoms with E-state index in [0.29, 0.717) is 29.6 Å². The number of hydrogen-bond acceptors (Lipinski definition) is 4. The van der Waals surface area contributed by atoms with Crippen LogP contribution in [-0.2, 0) is 11.3 Å². The second-order valence-electron chi connectivity index (χ2n) is 6.36. The minimum absolute atomic E-state index is 0.151. The van der Waals surface area contributed by atoms with Crippen LogP contribution in [0.1, 0.15) is 18.4 Å². The third-order valence-corrected chi connectivity index (χ3v) is 4.79. The zero-order valence-electron chi connectivity index (χ0n) is 13.7. The van der Waals surface area contributed by atoms with Gasteiger partial charge < -0.3 is 9.80 Å². The molecule has 0 aliphatic heterocycles. The van der Waals surface area contributed by atoms with Crippen molar-refractivity contribution in [1.82, 2.24) is 9.80 Å². The average Bonchev–Trinajstić information content (AvgIpc) is 3.29. The molecule has 0 saturated heterocycles. The highest BCUT2D eigenvalue weighted by atomic mass is 35.5. The minimum Gasteiger partial charge on any atom is -0.338 e. The summed E-state index contributed by atoms with van der Waals surface area (Å²) in [7, 11) is 3.93. The third kappa shape index (κ3) is 5.06. The molecule has 8 heteroatoms. The fourth-order valence-corrected chi connectivity index (χ4v) is 2.94. The van der Waals surface area contributed by atoms with E-state index in [4.69, 9.17) is 23.2 Å². The molecule has 1 aliphatic rings. The van der Waals surface area contributed by atoms with Gasteiger partial charge in [0.1, 0.15) is 5.92 Å². The van der Waals surface area contributed by atoms with Gasteiger partial charge in [0.05, 0.1) is 10.0 Å².